The van der Waals surface area contributed by atoms with Crippen molar-refractivity contribution in [3.05, 3.63) is 70.8 Å². The Bertz CT molecular complexity index is 1200. The summed E-state index contributed by atoms with van der Waals surface area (Å²) in [4.78, 5) is 45.0. The lowest BCUT2D eigenvalue weighted by atomic mass is 9.87. The Morgan fingerprint density at radius 2 is 1.66 bits per heavy atom. The summed E-state index contributed by atoms with van der Waals surface area (Å²) < 4.78 is 29.2. The molecule has 38 heavy (non-hydrogen) atoms. The number of hydrogen-bond acceptors (Lipinski definition) is 3. The van der Waals surface area contributed by atoms with E-state index in [2.05, 4.69) is 5.32 Å². The smallest absolute Gasteiger partial charge is 0.250 e. The van der Waals surface area contributed by atoms with Gasteiger partial charge in [-0.25, -0.2) is 8.78 Å². The Kier molecular flexibility index (Phi) is 7.50. The van der Waals surface area contributed by atoms with E-state index >= 15 is 4.39 Å². The SMILES string of the molecule is CC(C)CC1C(=O)NC(C2Cc3ccccc3C2)C(=O)N1C(C(=O)N1CCCCC1)c1ccc(F)cc1F. The van der Waals surface area contributed by atoms with E-state index in [0.29, 0.717) is 32.4 Å². The quantitative estimate of drug-likeness (QED) is 0.618. The predicted molar refractivity (Wildman–Crippen MR) is 139 cm³/mol. The Morgan fingerprint density at radius 1 is 1.00 bits per heavy atom. The lowest BCUT2D eigenvalue weighted by Crippen LogP contribution is -2.67. The van der Waals surface area contributed by atoms with Crippen LogP contribution >= 0.6 is 0 Å². The lowest BCUT2D eigenvalue weighted by Gasteiger charge is -2.46. The van der Waals surface area contributed by atoms with Gasteiger partial charge in [-0.05, 0) is 67.6 Å². The molecule has 2 heterocycles. The number of likely N-dealkylation sites (tertiary alicyclic amines) is 1. The zero-order chi connectivity index (χ0) is 27.0. The number of piperidine rings is 1. The second-order valence-electron chi connectivity index (χ2n) is 11.3. The predicted octanol–water partition coefficient (Wildman–Crippen LogP) is 4.18. The molecule has 2 saturated heterocycles. The van der Waals surface area contributed by atoms with E-state index in [0.717, 1.165) is 42.5 Å². The second-order valence-corrected chi connectivity index (χ2v) is 11.3. The fraction of sp³-hybridized carbons (Fsp3) is 0.500. The van der Waals surface area contributed by atoms with Gasteiger partial charge in [-0.2, -0.15) is 0 Å². The molecule has 5 rings (SSSR count). The fourth-order valence-corrected chi connectivity index (χ4v) is 6.29. The number of benzene rings is 2. The molecule has 3 unspecified atom stereocenters. The molecule has 6 nitrogen and oxygen atoms in total. The number of piperazine rings is 1. The van der Waals surface area contributed by atoms with Crippen LogP contribution in [0.4, 0.5) is 8.78 Å². The highest BCUT2D eigenvalue weighted by atomic mass is 19.1. The average Bonchev–Trinajstić information content (AvgIpc) is 3.33. The van der Waals surface area contributed by atoms with Gasteiger partial charge in [-0.15, -0.1) is 0 Å². The summed E-state index contributed by atoms with van der Waals surface area (Å²) in [6.45, 7) is 4.89. The highest BCUT2D eigenvalue weighted by Gasteiger charge is 2.50. The van der Waals surface area contributed by atoms with Gasteiger partial charge in [0.1, 0.15) is 29.8 Å². The number of carbonyl (C=O) groups is 3. The number of hydrogen-bond donors (Lipinski definition) is 1. The van der Waals surface area contributed by atoms with E-state index in [1.54, 1.807) is 4.90 Å². The lowest BCUT2D eigenvalue weighted by molar-refractivity contribution is -0.160. The molecule has 3 amide bonds. The van der Waals surface area contributed by atoms with Crippen molar-refractivity contribution in [1.82, 2.24) is 15.1 Å². The molecule has 202 valence electrons. The third-order valence-electron chi connectivity index (χ3n) is 8.14. The summed E-state index contributed by atoms with van der Waals surface area (Å²) >= 11 is 0. The third kappa shape index (κ3) is 5.05. The number of halogens is 2. The normalized spacial score (nSPS) is 23.0. The number of fused-ring (bicyclic) bond motifs is 1. The fourth-order valence-electron chi connectivity index (χ4n) is 6.29. The van der Waals surface area contributed by atoms with E-state index in [9.17, 15) is 18.8 Å². The average molecular weight is 524 g/mol. The first kappa shape index (κ1) is 26.3. The summed E-state index contributed by atoms with van der Waals surface area (Å²) in [6, 6.07) is 7.93. The molecule has 0 bridgehead atoms. The van der Waals surface area contributed by atoms with Gasteiger partial charge in [0, 0.05) is 24.7 Å². The third-order valence-corrected chi connectivity index (χ3v) is 8.14. The molecule has 0 aromatic heterocycles. The van der Waals surface area contributed by atoms with Crippen molar-refractivity contribution in [2.24, 2.45) is 11.8 Å². The molecular formula is C30H35F2N3O3. The van der Waals surface area contributed by atoms with Gasteiger partial charge in [-0.3, -0.25) is 14.4 Å². The van der Waals surface area contributed by atoms with Crippen molar-refractivity contribution >= 4 is 17.7 Å². The zero-order valence-corrected chi connectivity index (χ0v) is 22.0. The monoisotopic (exact) mass is 523 g/mol. The minimum atomic E-state index is -1.35. The largest absolute Gasteiger partial charge is 0.342 e. The molecule has 0 spiro atoms. The summed E-state index contributed by atoms with van der Waals surface area (Å²) in [7, 11) is 0. The topological polar surface area (TPSA) is 69.7 Å². The second kappa shape index (κ2) is 10.8. The van der Waals surface area contributed by atoms with Crippen molar-refractivity contribution in [1.29, 1.82) is 0 Å². The highest BCUT2D eigenvalue weighted by Crippen LogP contribution is 2.37. The van der Waals surface area contributed by atoms with Crippen LogP contribution in [0.3, 0.4) is 0 Å². The van der Waals surface area contributed by atoms with E-state index < -0.39 is 35.7 Å². The van der Waals surface area contributed by atoms with Gasteiger partial charge >= 0.3 is 0 Å². The summed E-state index contributed by atoms with van der Waals surface area (Å²) in [6.07, 6.45) is 4.21. The van der Waals surface area contributed by atoms with Gasteiger partial charge < -0.3 is 15.1 Å². The number of nitrogens with one attached hydrogen (secondary N) is 1. The van der Waals surface area contributed by atoms with Crippen molar-refractivity contribution in [3.63, 3.8) is 0 Å². The van der Waals surface area contributed by atoms with Crippen LogP contribution in [-0.2, 0) is 27.2 Å². The summed E-state index contributed by atoms with van der Waals surface area (Å²) in [5, 5.41) is 2.97. The van der Waals surface area contributed by atoms with Crippen LogP contribution in [-0.4, -0.2) is 52.7 Å². The van der Waals surface area contributed by atoms with Crippen LogP contribution in [0.1, 0.15) is 62.3 Å². The highest BCUT2D eigenvalue weighted by molar-refractivity contribution is 6.00. The molecule has 0 radical (unpaired) electrons. The Hall–Kier alpha value is -3.29. The van der Waals surface area contributed by atoms with E-state index in [4.69, 9.17) is 0 Å². The maximum atomic E-state index is 15.3. The van der Waals surface area contributed by atoms with Crippen molar-refractivity contribution in [2.45, 2.75) is 70.5 Å². The molecule has 2 aromatic carbocycles. The van der Waals surface area contributed by atoms with Crippen LogP contribution in [0.2, 0.25) is 0 Å². The molecule has 1 aliphatic carbocycles. The zero-order valence-electron chi connectivity index (χ0n) is 22.0. The van der Waals surface area contributed by atoms with Crippen molar-refractivity contribution in [2.75, 3.05) is 13.1 Å². The molecule has 2 aliphatic heterocycles. The van der Waals surface area contributed by atoms with E-state index in [-0.39, 0.29) is 29.2 Å². The van der Waals surface area contributed by atoms with Crippen LogP contribution in [0.25, 0.3) is 0 Å². The summed E-state index contributed by atoms with van der Waals surface area (Å²) in [5.41, 5.74) is 2.20. The first-order chi connectivity index (χ1) is 18.2. The molecule has 2 fully saturated rings. The van der Waals surface area contributed by atoms with Crippen molar-refractivity contribution in [3.8, 4) is 0 Å². The molecule has 1 N–H and O–H groups in total. The number of rotatable bonds is 6. The van der Waals surface area contributed by atoms with Crippen LogP contribution < -0.4 is 5.32 Å². The van der Waals surface area contributed by atoms with Crippen LogP contribution in [0.15, 0.2) is 42.5 Å². The van der Waals surface area contributed by atoms with Gasteiger partial charge in [0.05, 0.1) is 0 Å². The number of nitrogens with zero attached hydrogens (tertiary/aromatic N) is 2. The number of amides is 3. The standard InChI is InChI=1S/C30H35F2N3O3/c1-18(2)14-25-28(36)33-26(21-15-19-8-4-5-9-20(19)16-21)29(37)35(25)27(23-11-10-22(31)17-24(23)32)30(38)34-12-6-3-7-13-34/h4-5,8-11,17-18,21,25-27H,3,6-7,12-16H2,1-2H3,(H,33,36). The molecule has 3 atom stereocenters. The molecule has 3 aliphatic rings. The Labute approximate surface area is 222 Å². The minimum Gasteiger partial charge on any atom is -0.342 e. The molecule has 8 heteroatoms. The van der Waals surface area contributed by atoms with E-state index in [1.807, 2.05) is 38.1 Å². The van der Waals surface area contributed by atoms with Crippen LogP contribution in [0.5, 0.6) is 0 Å². The van der Waals surface area contributed by atoms with Crippen LogP contribution in [0, 0.1) is 23.5 Å². The van der Waals surface area contributed by atoms with Gasteiger partial charge in [0.2, 0.25) is 17.7 Å². The maximum Gasteiger partial charge on any atom is 0.250 e. The minimum absolute atomic E-state index is 0.0390. The van der Waals surface area contributed by atoms with Gasteiger partial charge in [0.25, 0.3) is 0 Å². The van der Waals surface area contributed by atoms with Crippen molar-refractivity contribution < 1.29 is 23.2 Å². The Balaban J connectivity index is 1.57. The first-order valence-corrected chi connectivity index (χ1v) is 13.7. The van der Waals surface area contributed by atoms with Gasteiger partial charge in [0.15, 0.2) is 0 Å². The summed E-state index contributed by atoms with van der Waals surface area (Å²) in [5.74, 6) is -2.93. The molecule has 2 aromatic rings. The van der Waals surface area contributed by atoms with E-state index in [1.165, 1.54) is 11.0 Å². The molecule has 0 saturated carbocycles. The Morgan fingerprint density at radius 3 is 2.26 bits per heavy atom. The van der Waals surface area contributed by atoms with Gasteiger partial charge in [-0.1, -0.05) is 44.2 Å². The first-order valence-electron chi connectivity index (χ1n) is 13.7. The number of carbonyl (C=O) groups excluding carboxylic acids is 3. The molecular weight excluding hydrogens is 488 g/mol. The maximum absolute atomic E-state index is 15.3.